The SMILES string of the molecule is CC(C)(C)NCC(O)c1cc(OC(=O)c2ccc(OCc3ccccc3)cc2)cc(OC(=O)c2ccc(OCc3ccccc3)cc2)c1.O=S(=O)(O)O. The largest absolute Gasteiger partial charge is 0.489 e. The number of carbonyl (C=O) groups excluding carboxylic acids is 2. The van der Waals surface area contributed by atoms with Crippen molar-refractivity contribution in [3.63, 3.8) is 0 Å². The number of hydrogen-bond acceptors (Lipinski definition) is 10. The molecule has 0 aliphatic carbocycles. The molecule has 5 aromatic rings. The third-order valence-corrected chi connectivity index (χ3v) is 7.21. The number of carbonyl (C=O) groups is 2. The van der Waals surface area contributed by atoms with Crippen molar-refractivity contribution in [1.82, 2.24) is 5.32 Å². The van der Waals surface area contributed by atoms with Gasteiger partial charge in [0.2, 0.25) is 0 Å². The van der Waals surface area contributed by atoms with Crippen LogP contribution in [0.15, 0.2) is 127 Å². The molecule has 0 aliphatic rings. The van der Waals surface area contributed by atoms with Crippen LogP contribution < -0.4 is 24.3 Å². The first kappa shape index (κ1) is 40.2. The van der Waals surface area contributed by atoms with Crippen LogP contribution in [0.2, 0.25) is 0 Å². The molecule has 0 bridgehead atoms. The van der Waals surface area contributed by atoms with Crippen LogP contribution in [0.4, 0.5) is 0 Å². The summed E-state index contributed by atoms with van der Waals surface area (Å²) in [5.74, 6) is 0.210. The van der Waals surface area contributed by atoms with Crippen molar-refractivity contribution in [2.45, 2.75) is 45.6 Å². The molecule has 0 radical (unpaired) electrons. The highest BCUT2D eigenvalue weighted by Gasteiger charge is 2.19. The van der Waals surface area contributed by atoms with Gasteiger partial charge in [-0.15, -0.1) is 0 Å². The van der Waals surface area contributed by atoms with E-state index in [1.165, 1.54) is 6.07 Å². The summed E-state index contributed by atoms with van der Waals surface area (Å²) in [4.78, 5) is 26.2. The average Bonchev–Trinajstić information content (AvgIpc) is 3.12. The maximum absolute atomic E-state index is 13.1. The first-order valence-electron chi connectivity index (χ1n) is 16.4. The van der Waals surface area contributed by atoms with Gasteiger partial charge in [-0.3, -0.25) is 9.11 Å². The minimum atomic E-state index is -4.67. The highest BCUT2D eigenvalue weighted by molar-refractivity contribution is 7.79. The van der Waals surface area contributed by atoms with E-state index in [-0.39, 0.29) is 23.6 Å². The number of β-amino-alcohol motifs (C(OH)–C–C–N with tert-alkyl or cyclic N) is 1. The Bertz CT molecular complexity index is 1900. The zero-order valence-corrected chi connectivity index (χ0v) is 30.2. The molecular formula is C40H41NO11S. The molecule has 0 amide bonds. The lowest BCUT2D eigenvalue weighted by Crippen LogP contribution is -2.38. The summed E-state index contributed by atoms with van der Waals surface area (Å²) < 4.78 is 54.6. The number of esters is 2. The molecule has 12 nitrogen and oxygen atoms in total. The van der Waals surface area contributed by atoms with Gasteiger partial charge in [-0.05, 0) is 98.1 Å². The van der Waals surface area contributed by atoms with Crippen molar-refractivity contribution in [3.05, 3.63) is 155 Å². The Morgan fingerprint density at radius 2 is 1.00 bits per heavy atom. The summed E-state index contributed by atoms with van der Waals surface area (Å²) in [7, 11) is -4.67. The third kappa shape index (κ3) is 14.9. The fraction of sp³-hybridized carbons (Fsp3) is 0.200. The molecular weight excluding hydrogens is 703 g/mol. The average molecular weight is 744 g/mol. The van der Waals surface area contributed by atoms with Crippen LogP contribution in [-0.4, -0.2) is 46.7 Å². The Morgan fingerprint density at radius 1 is 0.623 bits per heavy atom. The van der Waals surface area contributed by atoms with Gasteiger partial charge in [0.15, 0.2) is 0 Å². The molecule has 0 heterocycles. The van der Waals surface area contributed by atoms with E-state index in [2.05, 4.69) is 5.32 Å². The van der Waals surface area contributed by atoms with Crippen molar-refractivity contribution in [2.24, 2.45) is 0 Å². The summed E-state index contributed by atoms with van der Waals surface area (Å²) in [6, 6.07) is 37.4. The molecule has 13 heteroatoms. The quantitative estimate of drug-likeness (QED) is 0.0550. The molecule has 0 fully saturated rings. The Kier molecular flexibility index (Phi) is 14.2. The molecule has 0 saturated heterocycles. The molecule has 5 aromatic carbocycles. The molecule has 1 atom stereocenters. The summed E-state index contributed by atoms with van der Waals surface area (Å²) in [5.41, 5.74) is 2.83. The van der Waals surface area contributed by atoms with Crippen molar-refractivity contribution in [3.8, 4) is 23.0 Å². The van der Waals surface area contributed by atoms with E-state index in [0.717, 1.165) is 11.1 Å². The van der Waals surface area contributed by atoms with E-state index in [1.807, 2.05) is 81.4 Å². The van der Waals surface area contributed by atoms with Gasteiger partial charge < -0.3 is 29.4 Å². The van der Waals surface area contributed by atoms with Gasteiger partial charge in [0.25, 0.3) is 0 Å². The molecule has 1 unspecified atom stereocenters. The van der Waals surface area contributed by atoms with Crippen molar-refractivity contribution in [1.29, 1.82) is 0 Å². The van der Waals surface area contributed by atoms with E-state index in [9.17, 15) is 14.7 Å². The van der Waals surface area contributed by atoms with Crippen molar-refractivity contribution < 1.29 is 51.2 Å². The molecule has 278 valence electrons. The monoisotopic (exact) mass is 743 g/mol. The van der Waals surface area contributed by atoms with Gasteiger partial charge in [0.05, 0.1) is 17.2 Å². The van der Waals surface area contributed by atoms with Gasteiger partial charge in [0, 0.05) is 18.2 Å². The smallest absolute Gasteiger partial charge is 0.394 e. The number of ether oxygens (including phenoxy) is 4. The van der Waals surface area contributed by atoms with Crippen LogP contribution in [0, 0.1) is 0 Å². The van der Waals surface area contributed by atoms with Crippen LogP contribution in [-0.2, 0) is 23.6 Å². The minimum Gasteiger partial charge on any atom is -0.489 e. The number of nitrogens with one attached hydrogen (secondary N) is 1. The highest BCUT2D eigenvalue weighted by Crippen LogP contribution is 2.29. The Balaban J connectivity index is 0.00000117. The fourth-order valence-corrected chi connectivity index (χ4v) is 4.61. The van der Waals surface area contributed by atoms with E-state index < -0.39 is 28.4 Å². The summed E-state index contributed by atoms with van der Waals surface area (Å²) in [5, 5.41) is 14.2. The summed E-state index contributed by atoms with van der Waals surface area (Å²) in [6.07, 6.45) is -0.970. The Hall–Kier alpha value is -5.57. The third-order valence-electron chi connectivity index (χ3n) is 7.21. The fourth-order valence-electron chi connectivity index (χ4n) is 4.61. The highest BCUT2D eigenvalue weighted by atomic mass is 32.3. The second-order valence-corrected chi connectivity index (χ2v) is 13.6. The van der Waals surface area contributed by atoms with Crippen LogP contribution >= 0.6 is 0 Å². The number of hydrogen-bond donors (Lipinski definition) is 4. The van der Waals surface area contributed by atoms with Crippen molar-refractivity contribution >= 4 is 22.3 Å². The predicted octanol–water partition coefficient (Wildman–Crippen LogP) is 7.05. The lowest BCUT2D eigenvalue weighted by molar-refractivity contribution is 0.0730. The minimum absolute atomic E-state index is 0.115. The molecule has 0 aliphatic heterocycles. The number of aliphatic hydroxyl groups excluding tert-OH is 1. The molecule has 4 N–H and O–H groups in total. The number of rotatable bonds is 13. The molecule has 0 aromatic heterocycles. The zero-order valence-electron chi connectivity index (χ0n) is 29.3. The van der Waals surface area contributed by atoms with Crippen molar-refractivity contribution in [2.75, 3.05) is 6.54 Å². The first-order chi connectivity index (χ1) is 25.1. The number of aliphatic hydroxyl groups is 1. The van der Waals surface area contributed by atoms with Gasteiger partial charge in [-0.25, -0.2) is 9.59 Å². The first-order valence-corrected chi connectivity index (χ1v) is 17.8. The molecule has 0 saturated carbocycles. The normalized spacial score (nSPS) is 11.7. The lowest BCUT2D eigenvalue weighted by Gasteiger charge is -2.23. The van der Waals surface area contributed by atoms with Gasteiger partial charge in [-0.2, -0.15) is 8.42 Å². The maximum atomic E-state index is 13.1. The number of benzene rings is 5. The predicted molar refractivity (Wildman–Crippen MR) is 198 cm³/mol. The zero-order chi connectivity index (χ0) is 38.4. The van der Waals surface area contributed by atoms with E-state index in [0.29, 0.717) is 41.4 Å². The maximum Gasteiger partial charge on any atom is 0.394 e. The van der Waals surface area contributed by atoms with Gasteiger partial charge in [-0.1, -0.05) is 60.7 Å². The lowest BCUT2D eigenvalue weighted by atomic mass is 10.1. The summed E-state index contributed by atoms with van der Waals surface area (Å²) in [6.45, 7) is 6.99. The topological polar surface area (TPSA) is 178 Å². The summed E-state index contributed by atoms with van der Waals surface area (Å²) >= 11 is 0. The molecule has 0 spiro atoms. The molecule has 53 heavy (non-hydrogen) atoms. The van der Waals surface area contributed by atoms with Crippen LogP contribution in [0.25, 0.3) is 0 Å². The standard InChI is InChI=1S/C40H39NO7.H2O4S/c1-40(2,3)41-25-37(42)32-22-35(47-38(43)30-14-18-33(19-15-30)45-26-28-10-6-4-7-11-28)24-36(23-32)48-39(44)31-16-20-34(21-17-31)46-27-29-12-8-5-9-13-29;1-5(2,3)4/h4-24,37,41-42H,25-27H2,1-3H3;(H2,1,2,3,4). The Morgan fingerprint density at radius 3 is 1.36 bits per heavy atom. The Labute approximate surface area is 308 Å². The van der Waals surface area contributed by atoms with Crippen LogP contribution in [0.1, 0.15) is 64.3 Å². The van der Waals surface area contributed by atoms with Crippen LogP contribution in [0.5, 0.6) is 23.0 Å². The van der Waals surface area contributed by atoms with Gasteiger partial charge in [0.1, 0.15) is 36.2 Å². The second-order valence-electron chi connectivity index (χ2n) is 12.7. The van der Waals surface area contributed by atoms with E-state index in [4.69, 9.17) is 36.5 Å². The van der Waals surface area contributed by atoms with Gasteiger partial charge >= 0.3 is 22.3 Å². The van der Waals surface area contributed by atoms with Crippen LogP contribution in [0.3, 0.4) is 0 Å². The van der Waals surface area contributed by atoms with E-state index >= 15 is 0 Å². The van der Waals surface area contributed by atoms with E-state index in [1.54, 1.807) is 60.7 Å². The molecule has 5 rings (SSSR count). The second kappa shape index (κ2) is 18.8.